The molecule has 1 aliphatic heterocycles. The molecule has 12 heavy (non-hydrogen) atoms. The number of Topliss-reactive ketones (excluding diaryl/α,β-unsaturated/α-hetero) is 1. The molecule has 2 nitrogen and oxygen atoms in total. The molecule has 1 rings (SSSR count). The minimum atomic E-state index is 0.149. The Hall–Kier alpha value is -0.370. The van der Waals surface area contributed by atoms with Crippen LogP contribution in [-0.2, 0) is 9.53 Å². The van der Waals surface area contributed by atoms with Gasteiger partial charge in [-0.3, -0.25) is 4.79 Å². The van der Waals surface area contributed by atoms with Crippen LogP contribution in [0.4, 0.5) is 0 Å². The van der Waals surface area contributed by atoms with Crippen LogP contribution in [0.1, 0.15) is 33.6 Å². The number of carbonyl (C=O) groups excluding carboxylic acids is 1. The van der Waals surface area contributed by atoms with Crippen LogP contribution in [0.2, 0.25) is 0 Å². The summed E-state index contributed by atoms with van der Waals surface area (Å²) in [4.78, 5) is 11.6. The Kier molecular flexibility index (Phi) is 3.27. The molecule has 0 N–H and O–H groups in total. The zero-order valence-corrected chi connectivity index (χ0v) is 8.17. The lowest BCUT2D eigenvalue weighted by atomic mass is 9.92. The molecule has 0 aromatic rings. The fourth-order valence-electron chi connectivity index (χ4n) is 1.71. The standard InChI is InChI=1S/C10H18O2/c1-7(2)6-10(11)9-4-5-12-8(9)3/h7-9H,4-6H2,1-3H3. The average Bonchev–Trinajstić information content (AvgIpc) is 2.33. The summed E-state index contributed by atoms with van der Waals surface area (Å²) < 4.78 is 5.35. The van der Waals surface area contributed by atoms with Crippen LogP contribution < -0.4 is 0 Å². The second-order valence-corrected chi connectivity index (χ2v) is 4.04. The van der Waals surface area contributed by atoms with Gasteiger partial charge < -0.3 is 4.74 Å². The minimum absolute atomic E-state index is 0.149. The van der Waals surface area contributed by atoms with Crippen molar-refractivity contribution in [3.63, 3.8) is 0 Å². The molecular weight excluding hydrogens is 152 g/mol. The van der Waals surface area contributed by atoms with E-state index in [0.29, 0.717) is 18.1 Å². The lowest BCUT2D eigenvalue weighted by Gasteiger charge is -2.13. The van der Waals surface area contributed by atoms with Gasteiger partial charge in [0.1, 0.15) is 5.78 Å². The normalized spacial score (nSPS) is 29.7. The maximum Gasteiger partial charge on any atom is 0.138 e. The molecule has 0 aromatic carbocycles. The van der Waals surface area contributed by atoms with Crippen LogP contribution in [0, 0.1) is 11.8 Å². The molecule has 1 saturated heterocycles. The molecule has 0 radical (unpaired) electrons. The zero-order chi connectivity index (χ0) is 9.14. The summed E-state index contributed by atoms with van der Waals surface area (Å²) in [6, 6.07) is 0. The third kappa shape index (κ3) is 2.31. The molecule has 1 fully saturated rings. The highest BCUT2D eigenvalue weighted by atomic mass is 16.5. The summed E-state index contributed by atoms with van der Waals surface area (Å²) in [6.07, 6.45) is 1.78. The van der Waals surface area contributed by atoms with E-state index in [9.17, 15) is 4.79 Å². The lowest BCUT2D eigenvalue weighted by molar-refractivity contribution is -0.124. The Bertz CT molecular complexity index is 163. The molecule has 2 heteroatoms. The summed E-state index contributed by atoms with van der Waals surface area (Å²) in [7, 11) is 0. The highest BCUT2D eigenvalue weighted by Crippen LogP contribution is 2.23. The van der Waals surface area contributed by atoms with E-state index in [4.69, 9.17) is 4.74 Å². The second kappa shape index (κ2) is 4.04. The van der Waals surface area contributed by atoms with Gasteiger partial charge in [-0.15, -0.1) is 0 Å². The lowest BCUT2D eigenvalue weighted by Crippen LogP contribution is -2.22. The van der Waals surface area contributed by atoms with E-state index in [-0.39, 0.29) is 12.0 Å². The summed E-state index contributed by atoms with van der Waals surface area (Å²) in [5.74, 6) is 1.03. The molecule has 0 aromatic heterocycles. The molecule has 0 saturated carbocycles. The summed E-state index contributed by atoms with van der Waals surface area (Å²) in [5, 5.41) is 0. The second-order valence-electron chi connectivity index (χ2n) is 4.04. The Morgan fingerprint density at radius 2 is 2.25 bits per heavy atom. The molecule has 1 aliphatic rings. The monoisotopic (exact) mass is 170 g/mol. The van der Waals surface area contributed by atoms with Gasteiger partial charge in [0.2, 0.25) is 0 Å². The van der Waals surface area contributed by atoms with Crippen molar-refractivity contribution >= 4 is 5.78 Å². The van der Waals surface area contributed by atoms with Gasteiger partial charge in [-0.1, -0.05) is 13.8 Å². The van der Waals surface area contributed by atoms with Crippen LogP contribution in [0.15, 0.2) is 0 Å². The van der Waals surface area contributed by atoms with Crippen molar-refractivity contribution in [2.75, 3.05) is 6.61 Å². The van der Waals surface area contributed by atoms with Crippen LogP contribution >= 0.6 is 0 Å². The van der Waals surface area contributed by atoms with Gasteiger partial charge >= 0.3 is 0 Å². The quantitative estimate of drug-likeness (QED) is 0.647. The predicted molar refractivity (Wildman–Crippen MR) is 48.0 cm³/mol. The smallest absolute Gasteiger partial charge is 0.138 e. The van der Waals surface area contributed by atoms with Gasteiger partial charge in [-0.25, -0.2) is 0 Å². The van der Waals surface area contributed by atoms with E-state index in [1.165, 1.54) is 0 Å². The number of rotatable bonds is 3. The highest BCUT2D eigenvalue weighted by Gasteiger charge is 2.30. The van der Waals surface area contributed by atoms with E-state index >= 15 is 0 Å². The summed E-state index contributed by atoms with van der Waals surface area (Å²) >= 11 is 0. The molecule has 1 heterocycles. The fourth-order valence-corrected chi connectivity index (χ4v) is 1.71. The van der Waals surface area contributed by atoms with Crippen molar-refractivity contribution in [3.8, 4) is 0 Å². The number of carbonyl (C=O) groups is 1. The van der Waals surface area contributed by atoms with Gasteiger partial charge in [0.25, 0.3) is 0 Å². The largest absolute Gasteiger partial charge is 0.378 e. The Balaban J connectivity index is 2.41. The minimum Gasteiger partial charge on any atom is -0.378 e. The van der Waals surface area contributed by atoms with Crippen molar-refractivity contribution in [2.24, 2.45) is 11.8 Å². The van der Waals surface area contributed by atoms with Crippen molar-refractivity contribution in [3.05, 3.63) is 0 Å². The maximum absolute atomic E-state index is 11.6. The fraction of sp³-hybridized carbons (Fsp3) is 0.900. The maximum atomic E-state index is 11.6. The van der Waals surface area contributed by atoms with Gasteiger partial charge in [0.05, 0.1) is 6.10 Å². The molecule has 0 spiro atoms. The first-order valence-corrected chi connectivity index (χ1v) is 4.75. The number of ether oxygens (including phenoxy) is 1. The third-order valence-corrected chi connectivity index (χ3v) is 2.40. The van der Waals surface area contributed by atoms with E-state index in [0.717, 1.165) is 13.0 Å². The summed E-state index contributed by atoms with van der Waals surface area (Å²) in [6.45, 7) is 6.92. The van der Waals surface area contributed by atoms with Crippen LogP contribution in [0.3, 0.4) is 0 Å². The number of hydrogen-bond donors (Lipinski definition) is 0. The van der Waals surface area contributed by atoms with Crippen LogP contribution in [-0.4, -0.2) is 18.5 Å². The van der Waals surface area contributed by atoms with E-state index in [1.807, 2.05) is 6.92 Å². The van der Waals surface area contributed by atoms with E-state index < -0.39 is 0 Å². The molecule has 2 atom stereocenters. The van der Waals surface area contributed by atoms with Crippen molar-refractivity contribution < 1.29 is 9.53 Å². The van der Waals surface area contributed by atoms with Gasteiger partial charge in [-0.2, -0.15) is 0 Å². The first-order chi connectivity index (χ1) is 5.61. The van der Waals surface area contributed by atoms with Crippen LogP contribution in [0.25, 0.3) is 0 Å². The van der Waals surface area contributed by atoms with Gasteiger partial charge in [0.15, 0.2) is 0 Å². The van der Waals surface area contributed by atoms with Crippen molar-refractivity contribution in [1.82, 2.24) is 0 Å². The Morgan fingerprint density at radius 3 is 2.67 bits per heavy atom. The zero-order valence-electron chi connectivity index (χ0n) is 8.17. The molecule has 0 bridgehead atoms. The topological polar surface area (TPSA) is 26.3 Å². The summed E-state index contributed by atoms with van der Waals surface area (Å²) in [5.41, 5.74) is 0. The Labute approximate surface area is 74.3 Å². The Morgan fingerprint density at radius 1 is 1.58 bits per heavy atom. The first kappa shape index (κ1) is 9.72. The van der Waals surface area contributed by atoms with Crippen LogP contribution in [0.5, 0.6) is 0 Å². The predicted octanol–water partition coefficient (Wildman–Crippen LogP) is 2.03. The number of hydrogen-bond acceptors (Lipinski definition) is 2. The molecule has 0 aliphatic carbocycles. The van der Waals surface area contributed by atoms with Gasteiger partial charge in [0, 0.05) is 18.9 Å². The molecule has 70 valence electrons. The van der Waals surface area contributed by atoms with E-state index in [2.05, 4.69) is 13.8 Å². The SMILES string of the molecule is CC(C)CC(=O)C1CCOC1C. The molecule has 0 amide bonds. The molecular formula is C10H18O2. The van der Waals surface area contributed by atoms with Crippen molar-refractivity contribution in [2.45, 2.75) is 39.7 Å². The van der Waals surface area contributed by atoms with Crippen molar-refractivity contribution in [1.29, 1.82) is 0 Å². The third-order valence-electron chi connectivity index (χ3n) is 2.40. The van der Waals surface area contributed by atoms with Gasteiger partial charge in [-0.05, 0) is 19.3 Å². The average molecular weight is 170 g/mol. The highest BCUT2D eigenvalue weighted by molar-refractivity contribution is 5.81. The number of ketones is 1. The molecule has 2 unspecified atom stereocenters. The van der Waals surface area contributed by atoms with E-state index in [1.54, 1.807) is 0 Å². The first-order valence-electron chi connectivity index (χ1n) is 4.75.